The van der Waals surface area contributed by atoms with Crippen LogP contribution in [-0.2, 0) is 0 Å². The van der Waals surface area contributed by atoms with Crippen molar-refractivity contribution < 1.29 is 0 Å². The fourth-order valence-electron chi connectivity index (χ4n) is 0.954. The Kier molecular flexibility index (Phi) is 5.97. The van der Waals surface area contributed by atoms with Crippen LogP contribution in [0.5, 0.6) is 0 Å². The standard InChI is InChI=1S/C9H19ClSi/c1-4-11(2,3)9-7-5-6-8-10/h4H,1,5-9H2,2-3H3. The molecule has 0 aromatic heterocycles. The van der Waals surface area contributed by atoms with E-state index < -0.39 is 8.07 Å². The molecule has 0 bridgehead atoms. The van der Waals surface area contributed by atoms with E-state index in [0.29, 0.717) is 0 Å². The molecule has 0 aromatic rings. The first kappa shape index (κ1) is 11.2. The number of hydrogen-bond acceptors (Lipinski definition) is 0. The summed E-state index contributed by atoms with van der Waals surface area (Å²) in [6.07, 6.45) is 3.79. The highest BCUT2D eigenvalue weighted by atomic mass is 35.5. The van der Waals surface area contributed by atoms with Crippen LogP contribution in [0.2, 0.25) is 19.1 Å². The summed E-state index contributed by atoms with van der Waals surface area (Å²) < 4.78 is 0. The van der Waals surface area contributed by atoms with Gasteiger partial charge < -0.3 is 0 Å². The molecule has 0 nitrogen and oxygen atoms in total. The van der Waals surface area contributed by atoms with Crippen molar-refractivity contribution in [2.75, 3.05) is 5.88 Å². The summed E-state index contributed by atoms with van der Waals surface area (Å²) in [6.45, 7) is 8.59. The zero-order valence-electron chi connectivity index (χ0n) is 7.70. The van der Waals surface area contributed by atoms with E-state index >= 15 is 0 Å². The average molecular weight is 191 g/mol. The second kappa shape index (κ2) is 5.84. The zero-order chi connectivity index (χ0) is 8.74. The lowest BCUT2D eigenvalue weighted by molar-refractivity contribution is 0.768. The van der Waals surface area contributed by atoms with Gasteiger partial charge in [-0.1, -0.05) is 32.0 Å². The van der Waals surface area contributed by atoms with Gasteiger partial charge in [0.25, 0.3) is 0 Å². The van der Waals surface area contributed by atoms with Crippen LogP contribution in [0.4, 0.5) is 0 Å². The predicted octanol–water partition coefficient (Wildman–Crippen LogP) is 3.83. The first-order valence-electron chi connectivity index (χ1n) is 4.32. The number of unbranched alkanes of at least 4 members (excludes halogenated alkanes) is 2. The van der Waals surface area contributed by atoms with Crippen LogP contribution in [0.25, 0.3) is 0 Å². The third kappa shape index (κ3) is 6.64. The fourth-order valence-corrected chi connectivity index (χ4v) is 2.51. The molecule has 0 rings (SSSR count). The van der Waals surface area contributed by atoms with Gasteiger partial charge in [-0.2, -0.15) is 0 Å². The van der Waals surface area contributed by atoms with Crippen LogP contribution < -0.4 is 0 Å². The van der Waals surface area contributed by atoms with E-state index in [1.54, 1.807) is 0 Å². The fraction of sp³-hybridized carbons (Fsp3) is 0.778. The van der Waals surface area contributed by atoms with Gasteiger partial charge in [-0.15, -0.1) is 23.9 Å². The first-order chi connectivity index (χ1) is 5.12. The summed E-state index contributed by atoms with van der Waals surface area (Å²) in [6, 6.07) is 1.37. The van der Waals surface area contributed by atoms with Gasteiger partial charge >= 0.3 is 0 Å². The Labute approximate surface area is 76.7 Å². The molecule has 0 heterocycles. The molecule has 0 radical (unpaired) electrons. The average Bonchev–Trinajstić information content (AvgIpc) is 1.99. The Bertz CT molecular complexity index is 110. The minimum absolute atomic E-state index is 0.816. The molecule has 0 saturated carbocycles. The highest BCUT2D eigenvalue weighted by molar-refractivity contribution is 6.82. The highest BCUT2D eigenvalue weighted by Crippen LogP contribution is 2.15. The molecule has 0 spiro atoms. The van der Waals surface area contributed by atoms with E-state index in [-0.39, 0.29) is 0 Å². The zero-order valence-corrected chi connectivity index (χ0v) is 9.45. The maximum atomic E-state index is 5.58. The Morgan fingerprint density at radius 3 is 2.36 bits per heavy atom. The van der Waals surface area contributed by atoms with E-state index in [1.165, 1.54) is 25.3 Å². The third-order valence-corrected chi connectivity index (χ3v) is 5.02. The summed E-state index contributed by atoms with van der Waals surface area (Å²) in [5.74, 6) is 0.816. The molecule has 0 atom stereocenters. The molecule has 0 aliphatic rings. The predicted molar refractivity (Wildman–Crippen MR) is 57.1 cm³/mol. The summed E-state index contributed by atoms with van der Waals surface area (Å²) in [4.78, 5) is 0. The molecule has 66 valence electrons. The monoisotopic (exact) mass is 190 g/mol. The van der Waals surface area contributed by atoms with E-state index in [4.69, 9.17) is 11.6 Å². The molecule has 0 amide bonds. The van der Waals surface area contributed by atoms with Gasteiger partial charge in [0.2, 0.25) is 0 Å². The topological polar surface area (TPSA) is 0 Å². The lowest BCUT2D eigenvalue weighted by Crippen LogP contribution is -2.21. The lowest BCUT2D eigenvalue weighted by Gasteiger charge is -2.15. The summed E-state index contributed by atoms with van der Waals surface area (Å²) in [7, 11) is -1.01. The van der Waals surface area contributed by atoms with Crippen molar-refractivity contribution in [2.24, 2.45) is 0 Å². The van der Waals surface area contributed by atoms with Gasteiger partial charge in [0, 0.05) is 5.88 Å². The molecule has 0 unspecified atom stereocenters. The second-order valence-corrected chi connectivity index (χ2v) is 8.96. The number of halogens is 1. The summed E-state index contributed by atoms with van der Waals surface area (Å²) >= 11 is 5.58. The van der Waals surface area contributed by atoms with Gasteiger partial charge in [-0.3, -0.25) is 0 Å². The van der Waals surface area contributed by atoms with Crippen LogP contribution in [0, 0.1) is 0 Å². The molecule has 2 heteroatoms. The van der Waals surface area contributed by atoms with E-state index in [9.17, 15) is 0 Å². The van der Waals surface area contributed by atoms with Crippen molar-refractivity contribution in [3.63, 3.8) is 0 Å². The maximum absolute atomic E-state index is 5.58. The van der Waals surface area contributed by atoms with Gasteiger partial charge in [0.1, 0.15) is 0 Å². The van der Waals surface area contributed by atoms with Gasteiger partial charge in [-0.25, -0.2) is 0 Å². The van der Waals surface area contributed by atoms with Gasteiger partial charge in [-0.05, 0) is 6.42 Å². The Hall–Kier alpha value is 0.247. The van der Waals surface area contributed by atoms with Crippen molar-refractivity contribution in [1.29, 1.82) is 0 Å². The third-order valence-electron chi connectivity index (χ3n) is 2.01. The molecule has 0 N–H and O–H groups in total. The van der Waals surface area contributed by atoms with Gasteiger partial charge in [0.05, 0.1) is 8.07 Å². The van der Waals surface area contributed by atoms with E-state index in [2.05, 4.69) is 25.4 Å². The van der Waals surface area contributed by atoms with Crippen molar-refractivity contribution in [3.05, 3.63) is 12.3 Å². The van der Waals surface area contributed by atoms with Crippen LogP contribution in [-0.4, -0.2) is 14.0 Å². The molecule has 0 fully saturated rings. The second-order valence-electron chi connectivity index (χ2n) is 3.69. The molecule has 0 saturated heterocycles. The minimum Gasteiger partial charge on any atom is -0.127 e. The molecule has 0 aromatic carbocycles. The normalized spacial score (nSPS) is 11.5. The van der Waals surface area contributed by atoms with Crippen LogP contribution in [0.3, 0.4) is 0 Å². The molecule has 11 heavy (non-hydrogen) atoms. The Morgan fingerprint density at radius 2 is 1.91 bits per heavy atom. The first-order valence-corrected chi connectivity index (χ1v) is 8.14. The van der Waals surface area contributed by atoms with E-state index in [0.717, 1.165) is 5.88 Å². The van der Waals surface area contributed by atoms with Crippen LogP contribution in [0.15, 0.2) is 12.3 Å². The van der Waals surface area contributed by atoms with Crippen molar-refractivity contribution in [3.8, 4) is 0 Å². The largest absolute Gasteiger partial charge is 0.127 e. The summed E-state index contributed by atoms with van der Waals surface area (Å²) in [5, 5.41) is 0. The van der Waals surface area contributed by atoms with Crippen molar-refractivity contribution in [2.45, 2.75) is 38.4 Å². The Morgan fingerprint density at radius 1 is 1.27 bits per heavy atom. The Balaban J connectivity index is 3.30. The van der Waals surface area contributed by atoms with Crippen molar-refractivity contribution >= 4 is 19.7 Å². The van der Waals surface area contributed by atoms with Crippen molar-refractivity contribution in [1.82, 2.24) is 0 Å². The number of hydrogen-bond donors (Lipinski definition) is 0. The number of rotatable bonds is 6. The minimum atomic E-state index is -1.01. The SMILES string of the molecule is C=C[Si](C)(C)CCCCCCl. The smallest absolute Gasteiger partial charge is 0.0709 e. The van der Waals surface area contributed by atoms with Crippen LogP contribution >= 0.6 is 11.6 Å². The van der Waals surface area contributed by atoms with E-state index in [1.807, 2.05) is 0 Å². The molecular weight excluding hydrogens is 172 g/mol. The van der Waals surface area contributed by atoms with Crippen LogP contribution in [0.1, 0.15) is 19.3 Å². The number of alkyl halides is 1. The maximum Gasteiger partial charge on any atom is 0.0709 e. The molecule has 0 aliphatic carbocycles. The lowest BCUT2D eigenvalue weighted by atomic mass is 10.3. The highest BCUT2D eigenvalue weighted by Gasteiger charge is 2.13. The van der Waals surface area contributed by atoms with Gasteiger partial charge in [0.15, 0.2) is 0 Å². The summed E-state index contributed by atoms with van der Waals surface area (Å²) in [5.41, 5.74) is 2.17. The molecular formula is C9H19ClSi. The molecule has 0 aliphatic heterocycles. The quantitative estimate of drug-likeness (QED) is 0.339.